The molecule has 7 nitrogen and oxygen atoms in total. The van der Waals surface area contributed by atoms with Crippen LogP contribution in [0.3, 0.4) is 0 Å². The first-order valence-corrected chi connectivity index (χ1v) is 11.0. The van der Waals surface area contributed by atoms with E-state index in [0.717, 1.165) is 36.6 Å². The van der Waals surface area contributed by atoms with E-state index in [1.165, 1.54) is 24.2 Å². The summed E-state index contributed by atoms with van der Waals surface area (Å²) >= 11 is 0. The quantitative estimate of drug-likeness (QED) is 0.818. The van der Waals surface area contributed by atoms with Crippen LogP contribution in [0.5, 0.6) is 0 Å². The van der Waals surface area contributed by atoms with Crippen molar-refractivity contribution < 1.29 is 14.0 Å². The van der Waals surface area contributed by atoms with Crippen molar-refractivity contribution in [1.82, 2.24) is 19.8 Å². The van der Waals surface area contributed by atoms with Crippen LogP contribution in [0.15, 0.2) is 24.5 Å². The highest BCUT2D eigenvalue weighted by Gasteiger charge is 2.36. The number of imide groups is 1. The molecule has 0 bridgehead atoms. The fraction of sp³-hybridized carbons (Fsp3) is 0.591. The summed E-state index contributed by atoms with van der Waals surface area (Å²) in [7, 11) is 0. The Hall–Kier alpha value is -2.48. The van der Waals surface area contributed by atoms with Crippen LogP contribution in [-0.4, -0.2) is 58.3 Å². The van der Waals surface area contributed by atoms with Gasteiger partial charge in [0.1, 0.15) is 5.67 Å². The first kappa shape index (κ1) is 19.5. The lowest BCUT2D eigenvalue weighted by Gasteiger charge is -2.39. The van der Waals surface area contributed by atoms with E-state index in [4.69, 9.17) is 0 Å². The van der Waals surface area contributed by atoms with Crippen molar-refractivity contribution >= 4 is 23.1 Å². The van der Waals surface area contributed by atoms with E-state index in [1.54, 1.807) is 10.7 Å². The molecule has 1 aliphatic carbocycles. The molecule has 4 heterocycles. The van der Waals surface area contributed by atoms with Crippen LogP contribution in [0.2, 0.25) is 0 Å². The lowest BCUT2D eigenvalue weighted by atomic mass is 9.83. The molecule has 2 saturated heterocycles. The number of nitrogens with zero attached hydrogens (tertiary/aromatic N) is 4. The van der Waals surface area contributed by atoms with Gasteiger partial charge in [-0.15, -0.1) is 0 Å². The molecule has 2 aromatic heterocycles. The van der Waals surface area contributed by atoms with E-state index in [9.17, 15) is 9.59 Å². The Morgan fingerprint density at radius 3 is 2.70 bits per heavy atom. The van der Waals surface area contributed by atoms with E-state index >= 15 is 4.39 Å². The zero-order valence-electron chi connectivity index (χ0n) is 17.1. The van der Waals surface area contributed by atoms with Gasteiger partial charge in [-0.25, -0.2) is 13.7 Å². The van der Waals surface area contributed by atoms with E-state index in [-0.39, 0.29) is 12.3 Å². The van der Waals surface area contributed by atoms with E-state index in [2.05, 4.69) is 15.3 Å². The predicted molar refractivity (Wildman–Crippen MR) is 111 cm³/mol. The Bertz CT molecular complexity index is 962. The molecule has 30 heavy (non-hydrogen) atoms. The Balaban J connectivity index is 1.29. The Kier molecular flexibility index (Phi) is 4.97. The van der Waals surface area contributed by atoms with Crippen molar-refractivity contribution in [1.29, 1.82) is 0 Å². The number of rotatable bonds is 5. The van der Waals surface area contributed by atoms with Crippen molar-refractivity contribution in [3.8, 4) is 0 Å². The molecule has 1 N–H and O–H groups in total. The van der Waals surface area contributed by atoms with Crippen molar-refractivity contribution in [2.24, 2.45) is 5.92 Å². The van der Waals surface area contributed by atoms with Gasteiger partial charge in [-0.1, -0.05) is 6.42 Å². The summed E-state index contributed by atoms with van der Waals surface area (Å²) in [6.07, 6.45) is 9.20. The van der Waals surface area contributed by atoms with Crippen LogP contribution in [0, 0.1) is 5.92 Å². The Morgan fingerprint density at radius 2 is 2.00 bits per heavy atom. The highest BCUT2D eigenvalue weighted by molar-refractivity contribution is 6.07. The summed E-state index contributed by atoms with van der Waals surface area (Å²) in [6.45, 7) is 3.10. The minimum atomic E-state index is -1.19. The summed E-state index contributed by atoms with van der Waals surface area (Å²) in [4.78, 5) is 27.6. The van der Waals surface area contributed by atoms with Crippen molar-refractivity contribution in [2.45, 2.75) is 50.6 Å². The first-order chi connectivity index (χ1) is 14.5. The Morgan fingerprint density at radius 1 is 1.20 bits per heavy atom. The number of alkyl halides is 1. The van der Waals surface area contributed by atoms with Gasteiger partial charge < -0.3 is 4.90 Å². The summed E-state index contributed by atoms with van der Waals surface area (Å²) < 4.78 is 17.3. The largest absolute Gasteiger partial charge is 0.328 e. The maximum absolute atomic E-state index is 15.6. The summed E-state index contributed by atoms with van der Waals surface area (Å²) in [5.74, 6) is 0.554. The van der Waals surface area contributed by atoms with Gasteiger partial charge in [-0.3, -0.25) is 15.0 Å². The number of fused-ring (bicyclic) bond motifs is 1. The zero-order chi connectivity index (χ0) is 20.7. The number of nitrogens with one attached hydrogen (secondary N) is 1. The van der Waals surface area contributed by atoms with E-state index in [0.29, 0.717) is 31.5 Å². The third kappa shape index (κ3) is 3.80. The van der Waals surface area contributed by atoms with Gasteiger partial charge in [0.15, 0.2) is 0 Å². The number of anilines is 1. The third-order valence-corrected chi connectivity index (χ3v) is 6.92. The van der Waals surface area contributed by atoms with E-state index in [1.807, 2.05) is 18.3 Å². The molecule has 8 heteroatoms. The second kappa shape index (κ2) is 7.65. The fourth-order valence-electron chi connectivity index (χ4n) is 4.84. The van der Waals surface area contributed by atoms with Gasteiger partial charge in [-0.05, 0) is 49.3 Å². The molecule has 2 aliphatic heterocycles. The van der Waals surface area contributed by atoms with Crippen molar-refractivity contribution in [3.05, 3.63) is 30.1 Å². The molecule has 2 aromatic rings. The van der Waals surface area contributed by atoms with Crippen LogP contribution >= 0.6 is 0 Å². The van der Waals surface area contributed by atoms with Crippen LogP contribution < -0.4 is 10.2 Å². The summed E-state index contributed by atoms with van der Waals surface area (Å²) in [5.41, 5.74) is 1.12. The zero-order valence-corrected chi connectivity index (χ0v) is 17.1. The number of urea groups is 1. The minimum Gasteiger partial charge on any atom is -0.303 e. The normalized spacial score (nSPS) is 22.9. The smallest absolute Gasteiger partial charge is 0.303 e. The molecule has 0 unspecified atom stereocenters. The van der Waals surface area contributed by atoms with Gasteiger partial charge in [0.05, 0.1) is 17.4 Å². The number of hydrogen-bond acceptors (Lipinski definition) is 4. The molecule has 3 fully saturated rings. The number of hydrogen-bond donors (Lipinski definition) is 1. The number of piperidine rings is 1. The van der Waals surface area contributed by atoms with Crippen LogP contribution in [0.1, 0.15) is 44.1 Å². The molecule has 0 spiro atoms. The number of halogens is 1. The van der Waals surface area contributed by atoms with Gasteiger partial charge >= 0.3 is 6.03 Å². The topological polar surface area (TPSA) is 70.0 Å². The molecular formula is C22H28FN5O2. The van der Waals surface area contributed by atoms with E-state index < -0.39 is 11.7 Å². The average Bonchev–Trinajstić information content (AvgIpc) is 3.09. The number of pyridine rings is 1. The van der Waals surface area contributed by atoms with Gasteiger partial charge in [0.25, 0.3) is 0 Å². The minimum absolute atomic E-state index is 0.258. The molecular weight excluding hydrogens is 385 g/mol. The number of carbonyl (C=O) groups excluding carboxylic acids is 2. The SMILES string of the molecule is O=C1CCN(c2cnn3ccc(CC4(F)CCN(CC5CCC5)CC4)cc23)C(=O)N1. The van der Waals surface area contributed by atoms with Gasteiger partial charge in [-0.2, -0.15) is 5.10 Å². The highest BCUT2D eigenvalue weighted by Crippen LogP contribution is 2.34. The molecule has 0 aromatic carbocycles. The molecule has 160 valence electrons. The number of carbonyl (C=O) groups is 2. The van der Waals surface area contributed by atoms with Gasteiger partial charge in [0, 0.05) is 45.2 Å². The second-order valence-corrected chi connectivity index (χ2v) is 9.07. The highest BCUT2D eigenvalue weighted by atomic mass is 19.1. The van der Waals surface area contributed by atoms with Crippen LogP contribution in [0.25, 0.3) is 5.52 Å². The maximum atomic E-state index is 15.6. The standard InChI is InChI=1S/C22H28FN5O2/c23-22(6-10-26(11-7-22)15-16-2-1-3-16)13-17-4-9-28-18(12-17)19(14-24-28)27-8-5-20(29)25-21(27)30/h4,9,12,14,16H,1-3,5-8,10-11,13,15H2,(H,25,29,30). The maximum Gasteiger partial charge on any atom is 0.328 e. The lowest BCUT2D eigenvalue weighted by Crippen LogP contribution is -2.49. The van der Waals surface area contributed by atoms with Gasteiger partial charge in [0.2, 0.25) is 5.91 Å². The monoisotopic (exact) mass is 413 g/mol. The molecule has 3 aliphatic rings. The lowest BCUT2D eigenvalue weighted by molar-refractivity contribution is -0.120. The molecule has 0 radical (unpaired) electrons. The average molecular weight is 413 g/mol. The number of amides is 3. The third-order valence-electron chi connectivity index (χ3n) is 6.92. The molecule has 3 amide bonds. The summed E-state index contributed by atoms with van der Waals surface area (Å²) in [6, 6.07) is 3.40. The number of likely N-dealkylation sites (tertiary alicyclic amines) is 1. The second-order valence-electron chi connectivity index (χ2n) is 9.07. The first-order valence-electron chi connectivity index (χ1n) is 11.0. The molecule has 1 saturated carbocycles. The van der Waals surface area contributed by atoms with Crippen molar-refractivity contribution in [3.63, 3.8) is 0 Å². The van der Waals surface area contributed by atoms with Crippen molar-refractivity contribution in [2.75, 3.05) is 31.1 Å². The Labute approximate surface area is 175 Å². The predicted octanol–water partition coefficient (Wildman–Crippen LogP) is 2.93. The number of aromatic nitrogens is 2. The van der Waals surface area contributed by atoms with Crippen LogP contribution in [-0.2, 0) is 11.2 Å². The fourth-order valence-corrected chi connectivity index (χ4v) is 4.84. The molecule has 0 atom stereocenters. The van der Waals surface area contributed by atoms with Crippen LogP contribution in [0.4, 0.5) is 14.9 Å². The molecule has 5 rings (SSSR count). The summed E-state index contributed by atoms with van der Waals surface area (Å²) in [5, 5.41) is 6.65.